The maximum atomic E-state index is 12.2. The SMILES string of the molecule is O=Cc1c(SCC(=O)N2CCCC2C(=O)O)nc2sccn12. The number of carboxylic acids is 1. The van der Waals surface area contributed by atoms with Gasteiger partial charge in [0.05, 0.1) is 5.75 Å². The highest BCUT2D eigenvalue weighted by Crippen LogP contribution is 2.26. The van der Waals surface area contributed by atoms with E-state index in [1.165, 1.54) is 28.0 Å². The lowest BCUT2D eigenvalue weighted by Gasteiger charge is -2.20. The van der Waals surface area contributed by atoms with Gasteiger partial charge in [-0.2, -0.15) is 0 Å². The zero-order chi connectivity index (χ0) is 15.7. The van der Waals surface area contributed by atoms with Crippen molar-refractivity contribution in [1.82, 2.24) is 14.3 Å². The molecule has 0 aliphatic carbocycles. The van der Waals surface area contributed by atoms with Gasteiger partial charge in [-0.1, -0.05) is 11.8 Å². The topological polar surface area (TPSA) is 92.0 Å². The van der Waals surface area contributed by atoms with E-state index in [0.29, 0.717) is 35.1 Å². The van der Waals surface area contributed by atoms with Crippen molar-refractivity contribution in [2.45, 2.75) is 23.9 Å². The number of aliphatic carboxylic acids is 1. The molecule has 9 heteroatoms. The minimum Gasteiger partial charge on any atom is -0.480 e. The lowest BCUT2D eigenvalue weighted by molar-refractivity contribution is -0.147. The molecule has 2 aromatic heterocycles. The summed E-state index contributed by atoms with van der Waals surface area (Å²) >= 11 is 2.58. The number of thioether (sulfide) groups is 1. The van der Waals surface area contributed by atoms with Gasteiger partial charge in [0.1, 0.15) is 16.8 Å². The van der Waals surface area contributed by atoms with Crippen molar-refractivity contribution >= 4 is 46.2 Å². The number of aldehydes is 1. The van der Waals surface area contributed by atoms with Crippen LogP contribution in [0.4, 0.5) is 0 Å². The Kier molecular flexibility index (Phi) is 4.16. The second-order valence-corrected chi connectivity index (χ2v) is 6.68. The predicted molar refractivity (Wildman–Crippen MR) is 81.6 cm³/mol. The molecule has 0 aromatic carbocycles. The van der Waals surface area contributed by atoms with Gasteiger partial charge in [-0.15, -0.1) is 11.3 Å². The number of hydrogen-bond donors (Lipinski definition) is 1. The first-order valence-electron chi connectivity index (χ1n) is 6.67. The molecule has 2 aromatic rings. The number of carboxylic acid groups (broad SMARTS) is 1. The van der Waals surface area contributed by atoms with Gasteiger partial charge < -0.3 is 10.0 Å². The van der Waals surface area contributed by atoms with Crippen LogP contribution in [-0.2, 0) is 9.59 Å². The number of imidazole rings is 1. The zero-order valence-electron chi connectivity index (χ0n) is 11.5. The lowest BCUT2D eigenvalue weighted by atomic mass is 10.2. The van der Waals surface area contributed by atoms with E-state index in [4.69, 9.17) is 5.11 Å². The molecule has 1 aliphatic heterocycles. The van der Waals surface area contributed by atoms with Gasteiger partial charge >= 0.3 is 5.97 Å². The summed E-state index contributed by atoms with van der Waals surface area (Å²) in [5.41, 5.74) is 0.422. The Bertz CT molecular complexity index is 739. The van der Waals surface area contributed by atoms with Crippen LogP contribution in [0.25, 0.3) is 4.96 Å². The van der Waals surface area contributed by atoms with Crippen molar-refractivity contribution in [2.24, 2.45) is 0 Å². The zero-order valence-corrected chi connectivity index (χ0v) is 13.1. The third-order valence-corrected chi connectivity index (χ3v) is 5.29. The van der Waals surface area contributed by atoms with E-state index in [1.807, 2.05) is 5.38 Å². The molecule has 1 unspecified atom stereocenters. The smallest absolute Gasteiger partial charge is 0.326 e. The fourth-order valence-corrected chi connectivity index (χ4v) is 4.18. The summed E-state index contributed by atoms with van der Waals surface area (Å²) in [5, 5.41) is 11.4. The molecule has 22 heavy (non-hydrogen) atoms. The standard InChI is InChI=1S/C13H13N3O4S2/c17-6-9-11(14-13-16(9)4-5-21-13)22-7-10(18)15-3-1-2-8(15)12(19)20/h4-6,8H,1-3,7H2,(H,19,20). The summed E-state index contributed by atoms with van der Waals surface area (Å²) in [4.78, 5) is 40.9. The molecule has 7 nitrogen and oxygen atoms in total. The number of carbonyl (C=O) groups is 3. The molecule has 0 saturated carbocycles. The van der Waals surface area contributed by atoms with E-state index in [-0.39, 0.29) is 11.7 Å². The molecule has 1 amide bonds. The lowest BCUT2D eigenvalue weighted by Crippen LogP contribution is -2.41. The Morgan fingerprint density at radius 3 is 3.09 bits per heavy atom. The normalized spacial score (nSPS) is 18.0. The number of fused-ring (bicyclic) bond motifs is 1. The number of nitrogens with zero attached hydrogens (tertiary/aromatic N) is 3. The van der Waals surface area contributed by atoms with Crippen molar-refractivity contribution in [2.75, 3.05) is 12.3 Å². The fraction of sp³-hybridized carbons (Fsp3) is 0.385. The van der Waals surface area contributed by atoms with E-state index in [1.54, 1.807) is 10.6 Å². The van der Waals surface area contributed by atoms with Crippen LogP contribution in [-0.4, -0.2) is 55.9 Å². The number of likely N-dealkylation sites (tertiary alicyclic amines) is 1. The summed E-state index contributed by atoms with van der Waals surface area (Å²) in [6.45, 7) is 0.467. The van der Waals surface area contributed by atoms with Crippen LogP contribution in [0.15, 0.2) is 16.6 Å². The van der Waals surface area contributed by atoms with Crippen molar-refractivity contribution in [3.05, 3.63) is 17.3 Å². The average molecular weight is 339 g/mol. The molecule has 0 radical (unpaired) electrons. The van der Waals surface area contributed by atoms with Crippen LogP contribution in [0, 0.1) is 0 Å². The van der Waals surface area contributed by atoms with Gasteiger partial charge in [0.15, 0.2) is 11.2 Å². The summed E-state index contributed by atoms with van der Waals surface area (Å²) in [5.74, 6) is -1.12. The van der Waals surface area contributed by atoms with Crippen LogP contribution in [0.1, 0.15) is 23.3 Å². The molecular formula is C13H13N3O4S2. The molecule has 1 N–H and O–H groups in total. The van der Waals surface area contributed by atoms with Crippen LogP contribution < -0.4 is 0 Å². The molecular weight excluding hydrogens is 326 g/mol. The van der Waals surface area contributed by atoms with Crippen LogP contribution >= 0.6 is 23.1 Å². The maximum absolute atomic E-state index is 12.2. The minimum atomic E-state index is -0.966. The monoisotopic (exact) mass is 339 g/mol. The third-order valence-electron chi connectivity index (χ3n) is 3.57. The quantitative estimate of drug-likeness (QED) is 0.653. The first-order valence-corrected chi connectivity index (χ1v) is 8.54. The van der Waals surface area contributed by atoms with Gasteiger partial charge in [0, 0.05) is 18.1 Å². The molecule has 0 spiro atoms. The van der Waals surface area contributed by atoms with Crippen LogP contribution in [0.3, 0.4) is 0 Å². The van der Waals surface area contributed by atoms with Gasteiger partial charge in [-0.25, -0.2) is 9.78 Å². The molecule has 116 valence electrons. The third kappa shape index (κ3) is 2.61. The Hall–Kier alpha value is -1.87. The summed E-state index contributed by atoms with van der Waals surface area (Å²) in [6.07, 6.45) is 3.66. The highest BCUT2D eigenvalue weighted by molar-refractivity contribution is 8.00. The van der Waals surface area contributed by atoms with E-state index >= 15 is 0 Å². The predicted octanol–water partition coefficient (Wildman–Crippen LogP) is 1.38. The number of hydrogen-bond acceptors (Lipinski definition) is 6. The molecule has 1 atom stereocenters. The summed E-state index contributed by atoms with van der Waals surface area (Å²) in [7, 11) is 0. The van der Waals surface area contributed by atoms with E-state index in [0.717, 1.165) is 6.29 Å². The highest BCUT2D eigenvalue weighted by atomic mass is 32.2. The van der Waals surface area contributed by atoms with Crippen molar-refractivity contribution in [3.8, 4) is 0 Å². The molecule has 0 bridgehead atoms. The molecule has 3 rings (SSSR count). The van der Waals surface area contributed by atoms with E-state index < -0.39 is 12.0 Å². The van der Waals surface area contributed by atoms with Crippen molar-refractivity contribution in [3.63, 3.8) is 0 Å². The molecule has 1 aliphatic rings. The number of thiazole rings is 1. The van der Waals surface area contributed by atoms with Gasteiger partial charge in [-0.3, -0.25) is 14.0 Å². The van der Waals surface area contributed by atoms with E-state index in [9.17, 15) is 14.4 Å². The molecule has 3 heterocycles. The van der Waals surface area contributed by atoms with E-state index in [2.05, 4.69) is 4.98 Å². The fourth-order valence-electron chi connectivity index (χ4n) is 2.53. The number of rotatable bonds is 5. The second kappa shape index (κ2) is 6.09. The first-order chi connectivity index (χ1) is 10.6. The largest absolute Gasteiger partial charge is 0.480 e. The Balaban J connectivity index is 1.71. The van der Waals surface area contributed by atoms with Gasteiger partial charge in [-0.05, 0) is 12.8 Å². The average Bonchev–Trinajstić information content (AvgIpc) is 3.18. The maximum Gasteiger partial charge on any atom is 0.326 e. The summed E-state index contributed by atoms with van der Waals surface area (Å²) in [6, 6.07) is -0.732. The molecule has 1 fully saturated rings. The molecule has 1 saturated heterocycles. The van der Waals surface area contributed by atoms with Gasteiger partial charge in [0.25, 0.3) is 0 Å². The summed E-state index contributed by atoms with van der Waals surface area (Å²) < 4.78 is 1.68. The van der Waals surface area contributed by atoms with Crippen LogP contribution in [0.5, 0.6) is 0 Å². The minimum absolute atomic E-state index is 0.0788. The highest BCUT2D eigenvalue weighted by Gasteiger charge is 2.33. The van der Waals surface area contributed by atoms with Crippen molar-refractivity contribution in [1.29, 1.82) is 0 Å². The number of aromatic nitrogens is 2. The number of carbonyl (C=O) groups excluding carboxylic acids is 2. The van der Waals surface area contributed by atoms with Gasteiger partial charge in [0.2, 0.25) is 5.91 Å². The Morgan fingerprint density at radius 1 is 1.55 bits per heavy atom. The van der Waals surface area contributed by atoms with Crippen LogP contribution in [0.2, 0.25) is 0 Å². The second-order valence-electron chi connectivity index (χ2n) is 4.85. The Labute approximate surface area is 133 Å². The first kappa shape index (κ1) is 15.0. The Morgan fingerprint density at radius 2 is 2.36 bits per heavy atom. The van der Waals surface area contributed by atoms with Crippen molar-refractivity contribution < 1.29 is 19.5 Å². The number of amides is 1.